The molecule has 0 fully saturated rings. The molecular weight excluding hydrogens is 265 g/mol. The fraction of sp³-hybridized carbons (Fsp3) is 0.300. The molecule has 0 saturated heterocycles. The van der Waals surface area contributed by atoms with E-state index in [1.807, 2.05) is 24.3 Å². The summed E-state index contributed by atoms with van der Waals surface area (Å²) in [6.45, 7) is 0. The molecule has 0 amide bonds. The minimum Gasteiger partial charge on any atom is -0.411 e. The van der Waals surface area contributed by atoms with E-state index < -0.39 is 0 Å². The average Bonchev–Trinajstić information content (AvgIpc) is 2.20. The molecule has 0 radical (unpaired) electrons. The van der Waals surface area contributed by atoms with Gasteiger partial charge in [-0.2, -0.15) is 0 Å². The lowest BCUT2D eigenvalue weighted by Crippen LogP contribution is -2.03. The van der Waals surface area contributed by atoms with Crippen LogP contribution < -0.4 is 0 Å². The molecule has 0 unspecified atom stereocenters. The van der Waals surface area contributed by atoms with Gasteiger partial charge in [0.05, 0.1) is 5.71 Å². The highest BCUT2D eigenvalue weighted by Crippen LogP contribution is 2.11. The molecule has 14 heavy (non-hydrogen) atoms. The minimum atomic E-state index is 0.482. The summed E-state index contributed by atoms with van der Waals surface area (Å²) in [5.74, 6) is 0.482. The summed E-state index contributed by atoms with van der Waals surface area (Å²) in [5.41, 5.74) is 1.83. The number of nitrogens with zero attached hydrogens (tertiary/aromatic N) is 1. The Hall–Kier alpha value is -0.540. The third-order valence-corrected chi connectivity index (χ3v) is 2.56. The molecule has 1 rings (SSSR count). The van der Waals surface area contributed by atoms with Gasteiger partial charge in [-0.15, -0.1) is 11.6 Å². The van der Waals surface area contributed by atoms with E-state index in [0.29, 0.717) is 24.4 Å². The Bertz CT molecular complexity index is 310. The third-order valence-electron chi connectivity index (χ3n) is 1.85. The second kappa shape index (κ2) is 6.04. The SMILES string of the molecule is ON=C(CCCl)Cc1ccc(Br)cc1. The molecule has 0 saturated carbocycles. The highest BCUT2D eigenvalue weighted by atomic mass is 79.9. The van der Waals surface area contributed by atoms with E-state index in [0.717, 1.165) is 10.0 Å². The van der Waals surface area contributed by atoms with Gasteiger partial charge in [0.2, 0.25) is 0 Å². The first-order valence-electron chi connectivity index (χ1n) is 4.26. The molecule has 4 heteroatoms. The Morgan fingerprint density at radius 2 is 2.00 bits per heavy atom. The standard InChI is InChI=1S/C10H11BrClNO/c11-9-3-1-8(2-4-9)7-10(13-14)5-6-12/h1-4,14H,5-7H2. The lowest BCUT2D eigenvalue weighted by molar-refractivity contribution is 0.317. The summed E-state index contributed by atoms with van der Waals surface area (Å²) in [5, 5.41) is 11.9. The topological polar surface area (TPSA) is 32.6 Å². The average molecular weight is 277 g/mol. The number of alkyl halides is 1. The highest BCUT2D eigenvalue weighted by molar-refractivity contribution is 9.10. The first-order chi connectivity index (χ1) is 6.76. The van der Waals surface area contributed by atoms with Crippen molar-refractivity contribution < 1.29 is 5.21 Å². The third kappa shape index (κ3) is 3.68. The molecule has 2 nitrogen and oxygen atoms in total. The summed E-state index contributed by atoms with van der Waals surface area (Å²) in [6.07, 6.45) is 1.27. The van der Waals surface area contributed by atoms with Crippen molar-refractivity contribution in [3.63, 3.8) is 0 Å². The van der Waals surface area contributed by atoms with Gasteiger partial charge in [0.15, 0.2) is 0 Å². The van der Waals surface area contributed by atoms with Crippen molar-refractivity contribution >= 4 is 33.2 Å². The summed E-state index contributed by atoms with van der Waals surface area (Å²) in [4.78, 5) is 0. The molecule has 1 aromatic carbocycles. The van der Waals surface area contributed by atoms with Gasteiger partial charge >= 0.3 is 0 Å². The molecule has 0 spiro atoms. The van der Waals surface area contributed by atoms with Gasteiger partial charge in [0, 0.05) is 23.2 Å². The van der Waals surface area contributed by atoms with Gasteiger partial charge in [-0.3, -0.25) is 0 Å². The smallest absolute Gasteiger partial charge is 0.0626 e. The zero-order chi connectivity index (χ0) is 10.4. The Morgan fingerprint density at radius 1 is 1.36 bits per heavy atom. The molecule has 0 heterocycles. The molecule has 1 aromatic rings. The molecule has 0 aromatic heterocycles. The van der Waals surface area contributed by atoms with E-state index in [1.165, 1.54) is 0 Å². The molecule has 0 aliphatic carbocycles. The van der Waals surface area contributed by atoms with Crippen LogP contribution in [0.2, 0.25) is 0 Å². The fourth-order valence-electron chi connectivity index (χ4n) is 1.12. The van der Waals surface area contributed by atoms with Crippen LogP contribution >= 0.6 is 27.5 Å². The Kier molecular flexibility index (Phi) is 4.98. The minimum absolute atomic E-state index is 0.482. The predicted octanol–water partition coefficient (Wildman–Crippen LogP) is 3.45. The molecule has 1 N–H and O–H groups in total. The van der Waals surface area contributed by atoms with Crippen molar-refractivity contribution in [2.45, 2.75) is 12.8 Å². The van der Waals surface area contributed by atoms with Crippen LogP contribution in [0, 0.1) is 0 Å². The van der Waals surface area contributed by atoms with E-state index in [4.69, 9.17) is 16.8 Å². The first kappa shape index (κ1) is 11.5. The number of hydrogen-bond donors (Lipinski definition) is 1. The van der Waals surface area contributed by atoms with Crippen LogP contribution in [0.5, 0.6) is 0 Å². The normalized spacial score (nSPS) is 11.7. The van der Waals surface area contributed by atoms with Crippen LogP contribution in [0.25, 0.3) is 0 Å². The van der Waals surface area contributed by atoms with Gasteiger partial charge in [-0.1, -0.05) is 33.2 Å². The van der Waals surface area contributed by atoms with Crippen molar-refractivity contribution in [3.8, 4) is 0 Å². The van der Waals surface area contributed by atoms with Crippen molar-refractivity contribution in [2.24, 2.45) is 5.16 Å². The number of benzene rings is 1. The van der Waals surface area contributed by atoms with Gasteiger partial charge in [-0.25, -0.2) is 0 Å². The molecule has 0 aliphatic heterocycles. The van der Waals surface area contributed by atoms with Crippen molar-refractivity contribution in [2.75, 3.05) is 5.88 Å². The van der Waals surface area contributed by atoms with Gasteiger partial charge < -0.3 is 5.21 Å². The molecule has 0 atom stereocenters. The fourth-order valence-corrected chi connectivity index (χ4v) is 1.60. The Labute approximate surface area is 96.7 Å². The number of halogens is 2. The zero-order valence-electron chi connectivity index (χ0n) is 7.58. The van der Waals surface area contributed by atoms with Crippen molar-refractivity contribution in [1.82, 2.24) is 0 Å². The van der Waals surface area contributed by atoms with Gasteiger partial charge in [0.25, 0.3) is 0 Å². The van der Waals surface area contributed by atoms with E-state index in [9.17, 15) is 0 Å². The number of oxime groups is 1. The van der Waals surface area contributed by atoms with E-state index in [1.54, 1.807) is 0 Å². The zero-order valence-corrected chi connectivity index (χ0v) is 9.92. The van der Waals surface area contributed by atoms with Gasteiger partial charge in [0.1, 0.15) is 0 Å². The summed E-state index contributed by atoms with van der Waals surface area (Å²) >= 11 is 8.93. The Balaban J connectivity index is 2.63. The van der Waals surface area contributed by atoms with Gasteiger partial charge in [-0.05, 0) is 17.7 Å². The van der Waals surface area contributed by atoms with Crippen LogP contribution in [-0.4, -0.2) is 16.8 Å². The Morgan fingerprint density at radius 3 is 2.50 bits per heavy atom. The molecule has 76 valence electrons. The van der Waals surface area contributed by atoms with E-state index in [2.05, 4.69) is 21.1 Å². The van der Waals surface area contributed by atoms with Crippen LogP contribution in [0.15, 0.2) is 33.9 Å². The largest absolute Gasteiger partial charge is 0.411 e. The summed E-state index contributed by atoms with van der Waals surface area (Å²) < 4.78 is 1.04. The number of hydrogen-bond acceptors (Lipinski definition) is 2. The maximum absolute atomic E-state index is 8.69. The van der Waals surface area contributed by atoms with Crippen LogP contribution in [0.1, 0.15) is 12.0 Å². The summed E-state index contributed by atoms with van der Waals surface area (Å²) in [7, 11) is 0. The summed E-state index contributed by atoms with van der Waals surface area (Å²) in [6, 6.07) is 7.91. The molecule has 0 bridgehead atoms. The van der Waals surface area contributed by atoms with E-state index in [-0.39, 0.29) is 0 Å². The van der Waals surface area contributed by atoms with Crippen LogP contribution in [0.3, 0.4) is 0 Å². The second-order valence-corrected chi connectivity index (χ2v) is 4.20. The first-order valence-corrected chi connectivity index (χ1v) is 5.59. The lowest BCUT2D eigenvalue weighted by atomic mass is 10.1. The van der Waals surface area contributed by atoms with Crippen LogP contribution in [0.4, 0.5) is 0 Å². The van der Waals surface area contributed by atoms with Crippen molar-refractivity contribution in [3.05, 3.63) is 34.3 Å². The van der Waals surface area contributed by atoms with Crippen molar-refractivity contribution in [1.29, 1.82) is 0 Å². The highest BCUT2D eigenvalue weighted by Gasteiger charge is 2.01. The molecule has 0 aliphatic rings. The number of rotatable bonds is 4. The monoisotopic (exact) mass is 275 g/mol. The van der Waals surface area contributed by atoms with E-state index >= 15 is 0 Å². The quantitative estimate of drug-likeness (QED) is 0.388. The maximum Gasteiger partial charge on any atom is 0.0626 e. The molecular formula is C10H11BrClNO. The predicted molar refractivity (Wildman–Crippen MR) is 62.4 cm³/mol. The van der Waals surface area contributed by atoms with Crippen LogP contribution in [-0.2, 0) is 6.42 Å². The lowest BCUT2D eigenvalue weighted by Gasteiger charge is -2.02. The maximum atomic E-state index is 8.69. The second-order valence-electron chi connectivity index (χ2n) is 2.91.